The summed E-state index contributed by atoms with van der Waals surface area (Å²) in [5, 5.41) is 12.4. The van der Waals surface area contributed by atoms with Gasteiger partial charge in [0.25, 0.3) is 0 Å². The van der Waals surface area contributed by atoms with E-state index in [2.05, 4.69) is 13.5 Å². The van der Waals surface area contributed by atoms with Gasteiger partial charge in [-0.1, -0.05) is 20.4 Å². The molecule has 0 aromatic heterocycles. The second-order valence-electron chi connectivity index (χ2n) is 12.6. The zero-order chi connectivity index (χ0) is 23.6. The molecule has 0 radical (unpaired) electrons. The Kier molecular flexibility index (Phi) is 2.51. The molecule has 8 fully saturated rings. The van der Waals surface area contributed by atoms with E-state index in [4.69, 9.17) is 23.7 Å². The van der Waals surface area contributed by atoms with Gasteiger partial charge in [-0.05, 0) is 51.7 Å². The van der Waals surface area contributed by atoms with Crippen LogP contribution in [0, 0.1) is 21.7 Å². The van der Waals surface area contributed by atoms with E-state index in [1.165, 1.54) is 6.08 Å². The molecule has 0 aromatic carbocycles. The van der Waals surface area contributed by atoms with Crippen LogP contribution >= 0.6 is 0 Å². The number of cyclic esters (lactones) is 2. The zero-order valence-electron chi connectivity index (χ0n) is 19.7. The third kappa shape index (κ3) is 1.19. The van der Waals surface area contributed by atoms with Crippen LogP contribution in [0.25, 0.3) is 0 Å². The van der Waals surface area contributed by atoms with Gasteiger partial charge in [0.15, 0.2) is 17.0 Å². The number of carbonyl (C=O) groups excluding carboxylic acids is 2. The molecule has 10 unspecified atom stereocenters. The van der Waals surface area contributed by atoms with Crippen molar-refractivity contribution < 1.29 is 38.4 Å². The fourth-order valence-electron chi connectivity index (χ4n) is 10.6. The molecular weight excluding hydrogens is 428 g/mol. The van der Waals surface area contributed by atoms with Crippen molar-refractivity contribution in [3.8, 4) is 0 Å². The lowest BCUT2D eigenvalue weighted by Gasteiger charge is -2.73. The Morgan fingerprint density at radius 2 is 1.82 bits per heavy atom. The van der Waals surface area contributed by atoms with Crippen LogP contribution in [-0.2, 0) is 33.3 Å². The van der Waals surface area contributed by atoms with E-state index < -0.39 is 68.1 Å². The minimum absolute atomic E-state index is 0.257. The van der Waals surface area contributed by atoms with E-state index in [-0.39, 0.29) is 6.10 Å². The van der Waals surface area contributed by atoms with Gasteiger partial charge in [0.2, 0.25) is 5.79 Å². The molecule has 6 aliphatic heterocycles. The standard InChI is InChI=1S/C25H28O8/c1-11-18(5)10-21-13-8-15(26)31-17(3,4)23(13)14(30-23)9-19(21,6)22(11)16(27)29-12(2)24(22)25(18,28)33-20(21,7)32-24/h8,12,14,28H,1,9-10H2,2-7H3. The van der Waals surface area contributed by atoms with Gasteiger partial charge >= 0.3 is 11.9 Å². The fourth-order valence-corrected chi connectivity index (χ4v) is 10.6. The fraction of sp³-hybridized carbons (Fsp3) is 0.760. The van der Waals surface area contributed by atoms with Crippen molar-refractivity contribution in [3.05, 3.63) is 23.8 Å². The first-order valence-corrected chi connectivity index (χ1v) is 11.8. The van der Waals surface area contributed by atoms with Crippen LogP contribution in [0.3, 0.4) is 0 Å². The highest BCUT2D eigenvalue weighted by Crippen LogP contribution is 2.96. The van der Waals surface area contributed by atoms with Crippen molar-refractivity contribution in [3.63, 3.8) is 0 Å². The van der Waals surface area contributed by atoms with E-state index in [1.54, 1.807) is 6.92 Å². The molecule has 8 heteroatoms. The molecule has 9 rings (SSSR count). The molecule has 5 saturated heterocycles. The van der Waals surface area contributed by atoms with E-state index >= 15 is 0 Å². The number of hydrogen-bond donors (Lipinski definition) is 1. The summed E-state index contributed by atoms with van der Waals surface area (Å²) in [6, 6.07) is 0. The molecule has 0 aromatic rings. The maximum absolute atomic E-state index is 14.0. The first kappa shape index (κ1) is 19.6. The molecule has 33 heavy (non-hydrogen) atoms. The van der Waals surface area contributed by atoms with Crippen LogP contribution in [0.1, 0.15) is 54.4 Å². The van der Waals surface area contributed by atoms with Gasteiger partial charge in [-0.3, -0.25) is 4.79 Å². The average Bonchev–Trinajstić information content (AvgIpc) is 3.26. The van der Waals surface area contributed by atoms with Crippen molar-refractivity contribution in [1.82, 2.24) is 0 Å². The maximum atomic E-state index is 14.0. The normalized spacial score (nSPS) is 66.3. The lowest BCUT2D eigenvalue weighted by Crippen LogP contribution is -2.79. The van der Waals surface area contributed by atoms with E-state index in [0.717, 1.165) is 5.57 Å². The SMILES string of the molecule is C=C1C2(C)CC34C5=CC(=O)OC(C)(C)C56OC6CC3(C)C13C(=O)OC(C)C31OC4(C)OC21O. The Labute approximate surface area is 191 Å². The molecule has 8 nitrogen and oxygen atoms in total. The third-order valence-corrected chi connectivity index (χ3v) is 11.6. The molecule has 6 bridgehead atoms. The zero-order valence-corrected chi connectivity index (χ0v) is 19.7. The lowest BCUT2D eigenvalue weighted by molar-refractivity contribution is -0.386. The molecular formula is C25H28O8. The number of rotatable bonds is 0. The number of epoxide rings is 1. The Hall–Kier alpha value is -1.74. The maximum Gasteiger partial charge on any atom is 0.331 e. The molecule has 9 aliphatic rings. The van der Waals surface area contributed by atoms with Gasteiger partial charge in [-0.15, -0.1) is 0 Å². The number of hydrogen-bond acceptors (Lipinski definition) is 8. The van der Waals surface area contributed by atoms with Gasteiger partial charge in [0.1, 0.15) is 17.1 Å². The smallest absolute Gasteiger partial charge is 0.331 e. The molecule has 6 heterocycles. The molecule has 3 saturated carbocycles. The summed E-state index contributed by atoms with van der Waals surface area (Å²) in [6.45, 7) is 15.7. The van der Waals surface area contributed by atoms with Crippen molar-refractivity contribution in [2.45, 2.75) is 95.0 Å². The number of carbonyl (C=O) groups is 2. The number of esters is 2. The van der Waals surface area contributed by atoms with Gasteiger partial charge in [0.05, 0.1) is 11.5 Å². The Morgan fingerprint density at radius 1 is 1.12 bits per heavy atom. The quantitative estimate of drug-likeness (QED) is 0.335. The summed E-state index contributed by atoms with van der Waals surface area (Å²) in [7, 11) is 0. The summed E-state index contributed by atoms with van der Waals surface area (Å²) < 4.78 is 31.6. The van der Waals surface area contributed by atoms with Gasteiger partial charge in [0, 0.05) is 16.9 Å². The van der Waals surface area contributed by atoms with Crippen LogP contribution in [0.15, 0.2) is 23.8 Å². The first-order valence-electron chi connectivity index (χ1n) is 11.8. The highest BCUT2D eigenvalue weighted by molar-refractivity contribution is 5.93. The van der Waals surface area contributed by atoms with Crippen molar-refractivity contribution in [2.24, 2.45) is 21.7 Å². The highest BCUT2D eigenvalue weighted by atomic mass is 16.8. The van der Waals surface area contributed by atoms with Crippen LogP contribution in [0.2, 0.25) is 0 Å². The molecule has 3 aliphatic carbocycles. The van der Waals surface area contributed by atoms with Gasteiger partial charge in [-0.25, -0.2) is 4.79 Å². The molecule has 10 atom stereocenters. The molecule has 4 spiro atoms. The van der Waals surface area contributed by atoms with Crippen molar-refractivity contribution >= 4 is 11.9 Å². The van der Waals surface area contributed by atoms with Crippen LogP contribution < -0.4 is 0 Å². The summed E-state index contributed by atoms with van der Waals surface area (Å²) in [5.74, 6) is -4.00. The van der Waals surface area contributed by atoms with Crippen LogP contribution in [0.4, 0.5) is 0 Å². The van der Waals surface area contributed by atoms with Crippen LogP contribution in [-0.4, -0.2) is 57.6 Å². The third-order valence-electron chi connectivity index (χ3n) is 11.6. The topological polar surface area (TPSA) is 104 Å². The molecule has 0 amide bonds. The summed E-state index contributed by atoms with van der Waals surface area (Å²) in [6.07, 6.45) is 1.45. The largest absolute Gasteiger partial charge is 0.459 e. The van der Waals surface area contributed by atoms with Crippen LogP contribution in [0.5, 0.6) is 0 Å². The van der Waals surface area contributed by atoms with Crippen molar-refractivity contribution in [1.29, 1.82) is 0 Å². The van der Waals surface area contributed by atoms with E-state index in [9.17, 15) is 14.7 Å². The Balaban J connectivity index is 1.56. The van der Waals surface area contributed by atoms with Gasteiger partial charge < -0.3 is 28.8 Å². The predicted octanol–water partition coefficient (Wildman–Crippen LogP) is 1.90. The second kappa shape index (κ2) is 4.23. The summed E-state index contributed by atoms with van der Waals surface area (Å²) in [5.41, 5.74) is -5.96. The summed E-state index contributed by atoms with van der Waals surface area (Å²) in [4.78, 5) is 26.9. The monoisotopic (exact) mass is 456 g/mol. The number of aliphatic hydroxyl groups is 1. The highest BCUT2D eigenvalue weighted by Gasteiger charge is 3.07. The Morgan fingerprint density at radius 3 is 2.52 bits per heavy atom. The minimum atomic E-state index is -1.80. The van der Waals surface area contributed by atoms with Crippen molar-refractivity contribution in [2.75, 3.05) is 0 Å². The second-order valence-corrected chi connectivity index (χ2v) is 12.6. The number of ether oxygens (including phenoxy) is 5. The average molecular weight is 456 g/mol. The lowest BCUT2D eigenvalue weighted by atomic mass is 9.32. The molecule has 176 valence electrons. The molecule has 1 N–H and O–H groups in total. The van der Waals surface area contributed by atoms with E-state index in [1.807, 2.05) is 27.7 Å². The first-order chi connectivity index (χ1) is 15.1. The van der Waals surface area contributed by atoms with E-state index in [0.29, 0.717) is 18.4 Å². The summed E-state index contributed by atoms with van der Waals surface area (Å²) >= 11 is 0. The Bertz CT molecular complexity index is 1220. The predicted molar refractivity (Wildman–Crippen MR) is 109 cm³/mol. The minimum Gasteiger partial charge on any atom is -0.459 e. The van der Waals surface area contributed by atoms with Gasteiger partial charge in [-0.2, -0.15) is 0 Å².